The van der Waals surface area contributed by atoms with E-state index in [1.807, 2.05) is 55.5 Å². The Kier molecular flexibility index (Phi) is 7.44. The van der Waals surface area contributed by atoms with Crippen LogP contribution in [0.2, 0.25) is 0 Å². The number of carbonyl (C=O) groups is 1. The number of hydrogen-bond acceptors (Lipinski definition) is 6. The van der Waals surface area contributed by atoms with Crippen molar-refractivity contribution in [3.8, 4) is 22.6 Å². The third-order valence-electron chi connectivity index (χ3n) is 6.02. The molecule has 0 saturated carbocycles. The van der Waals surface area contributed by atoms with Gasteiger partial charge in [-0.05, 0) is 61.4 Å². The Hall–Kier alpha value is -4.92. The van der Waals surface area contributed by atoms with Crippen molar-refractivity contribution in [2.45, 2.75) is 13.3 Å². The van der Waals surface area contributed by atoms with Gasteiger partial charge in [0.15, 0.2) is 0 Å². The van der Waals surface area contributed by atoms with E-state index in [2.05, 4.69) is 37.7 Å². The van der Waals surface area contributed by atoms with Crippen LogP contribution in [0.3, 0.4) is 0 Å². The third kappa shape index (κ3) is 5.41. The van der Waals surface area contributed by atoms with Crippen LogP contribution in [-0.4, -0.2) is 44.1 Å². The molecule has 3 aromatic carbocycles. The summed E-state index contributed by atoms with van der Waals surface area (Å²) in [6, 6.07) is 26.7. The Morgan fingerprint density at radius 2 is 1.66 bits per heavy atom. The molecular formula is C29H26FN7O. The van der Waals surface area contributed by atoms with E-state index in [4.69, 9.17) is 0 Å². The lowest BCUT2D eigenvalue weighted by atomic mass is 10.1. The summed E-state index contributed by atoms with van der Waals surface area (Å²) in [7, 11) is 0. The minimum absolute atomic E-state index is 0.369. The van der Waals surface area contributed by atoms with Gasteiger partial charge in [-0.3, -0.25) is 4.90 Å². The molecule has 0 atom stereocenters. The predicted octanol–water partition coefficient (Wildman–Crippen LogP) is 5.69. The van der Waals surface area contributed by atoms with Gasteiger partial charge < -0.3 is 5.32 Å². The van der Waals surface area contributed by atoms with Crippen LogP contribution in [-0.2, 0) is 6.42 Å². The predicted molar refractivity (Wildman–Crippen MR) is 145 cm³/mol. The maximum absolute atomic E-state index is 13.8. The summed E-state index contributed by atoms with van der Waals surface area (Å²) < 4.78 is 14.9. The zero-order chi connectivity index (χ0) is 26.3. The van der Waals surface area contributed by atoms with Gasteiger partial charge in [0, 0.05) is 30.5 Å². The van der Waals surface area contributed by atoms with Gasteiger partial charge in [0.2, 0.25) is 5.95 Å². The van der Waals surface area contributed by atoms with Gasteiger partial charge in [-0.15, -0.1) is 5.10 Å². The Labute approximate surface area is 219 Å². The Morgan fingerprint density at radius 3 is 2.37 bits per heavy atom. The van der Waals surface area contributed by atoms with E-state index in [9.17, 15) is 9.18 Å². The van der Waals surface area contributed by atoms with Crippen LogP contribution in [0.15, 0.2) is 97.2 Å². The van der Waals surface area contributed by atoms with Gasteiger partial charge >= 0.3 is 6.03 Å². The molecule has 0 unspecified atom stereocenters. The molecule has 0 aliphatic rings. The molecule has 1 N–H and O–H groups in total. The molecule has 0 saturated heterocycles. The topological polar surface area (TPSA) is 88.8 Å². The summed E-state index contributed by atoms with van der Waals surface area (Å²) in [6.07, 6.45) is 2.42. The second-order valence-corrected chi connectivity index (χ2v) is 8.50. The van der Waals surface area contributed by atoms with Crippen molar-refractivity contribution in [3.63, 3.8) is 0 Å². The summed E-state index contributed by atoms with van der Waals surface area (Å²) in [4.78, 5) is 24.4. The number of aromatic nitrogens is 5. The number of nitrogens with one attached hydrogen (secondary N) is 1. The largest absolute Gasteiger partial charge is 0.354 e. The maximum atomic E-state index is 13.8. The third-order valence-corrected chi connectivity index (χ3v) is 6.02. The molecule has 2 aromatic heterocycles. The van der Waals surface area contributed by atoms with Gasteiger partial charge in [-0.1, -0.05) is 53.7 Å². The molecule has 5 aromatic rings. The minimum atomic E-state index is -0.383. The van der Waals surface area contributed by atoms with Crippen molar-refractivity contribution >= 4 is 17.7 Å². The van der Waals surface area contributed by atoms with Gasteiger partial charge in [0.05, 0.1) is 5.69 Å². The summed E-state index contributed by atoms with van der Waals surface area (Å²) in [5.41, 5.74) is 3.81. The average Bonchev–Trinajstić information content (AvgIpc) is 3.40. The molecule has 5 rings (SSSR count). The highest BCUT2D eigenvalue weighted by Crippen LogP contribution is 2.30. The van der Waals surface area contributed by atoms with Gasteiger partial charge in [0.1, 0.15) is 17.2 Å². The Morgan fingerprint density at radius 1 is 0.947 bits per heavy atom. The van der Waals surface area contributed by atoms with E-state index in [-0.39, 0.29) is 11.8 Å². The zero-order valence-electron chi connectivity index (χ0n) is 20.8. The highest BCUT2D eigenvalue weighted by atomic mass is 19.1. The van der Waals surface area contributed by atoms with E-state index in [0.29, 0.717) is 41.7 Å². The SMILES string of the molecule is CCN(C(=O)n1nnc(-c2ccc(F)cc2)c1-c1ccnc(NCCc2ccccc2)n1)c1ccccc1. The summed E-state index contributed by atoms with van der Waals surface area (Å²) in [5, 5.41) is 11.8. The highest BCUT2D eigenvalue weighted by Gasteiger charge is 2.26. The van der Waals surface area contributed by atoms with Crippen molar-refractivity contribution in [2.24, 2.45) is 0 Å². The first-order valence-electron chi connectivity index (χ1n) is 12.3. The van der Waals surface area contributed by atoms with Crippen LogP contribution in [0.25, 0.3) is 22.6 Å². The molecule has 0 spiro atoms. The van der Waals surface area contributed by atoms with Crippen LogP contribution in [0.1, 0.15) is 12.5 Å². The number of benzene rings is 3. The highest BCUT2D eigenvalue weighted by molar-refractivity contribution is 5.97. The first-order valence-corrected chi connectivity index (χ1v) is 12.3. The quantitative estimate of drug-likeness (QED) is 0.290. The van der Waals surface area contributed by atoms with Crippen molar-refractivity contribution in [1.29, 1.82) is 0 Å². The summed E-state index contributed by atoms with van der Waals surface area (Å²) >= 11 is 0. The molecule has 0 aliphatic heterocycles. The minimum Gasteiger partial charge on any atom is -0.354 e. The molecule has 190 valence electrons. The monoisotopic (exact) mass is 507 g/mol. The van der Waals surface area contributed by atoms with Crippen LogP contribution >= 0.6 is 0 Å². The molecule has 0 bridgehead atoms. The number of anilines is 2. The van der Waals surface area contributed by atoms with Crippen molar-refractivity contribution in [3.05, 3.63) is 109 Å². The van der Waals surface area contributed by atoms with Crippen molar-refractivity contribution in [1.82, 2.24) is 25.0 Å². The summed E-state index contributed by atoms with van der Waals surface area (Å²) in [5.74, 6) is 0.0473. The maximum Gasteiger partial charge on any atom is 0.351 e. The first kappa shape index (κ1) is 24.8. The number of carbonyl (C=O) groups excluding carboxylic acids is 1. The van der Waals surface area contributed by atoms with E-state index in [1.165, 1.54) is 22.4 Å². The Balaban J connectivity index is 1.51. The van der Waals surface area contributed by atoms with E-state index in [0.717, 1.165) is 12.1 Å². The number of para-hydroxylation sites is 1. The number of amides is 1. The van der Waals surface area contributed by atoms with E-state index < -0.39 is 0 Å². The van der Waals surface area contributed by atoms with Crippen molar-refractivity contribution < 1.29 is 9.18 Å². The normalized spacial score (nSPS) is 10.8. The van der Waals surface area contributed by atoms with E-state index >= 15 is 0 Å². The second-order valence-electron chi connectivity index (χ2n) is 8.50. The van der Waals surface area contributed by atoms with Gasteiger partial charge in [0.25, 0.3) is 0 Å². The molecular weight excluding hydrogens is 481 g/mol. The Bertz CT molecular complexity index is 1510. The van der Waals surface area contributed by atoms with E-state index in [1.54, 1.807) is 29.3 Å². The van der Waals surface area contributed by atoms with Gasteiger partial charge in [-0.2, -0.15) is 4.68 Å². The zero-order valence-corrected chi connectivity index (χ0v) is 20.8. The molecule has 38 heavy (non-hydrogen) atoms. The van der Waals surface area contributed by atoms with Crippen LogP contribution < -0.4 is 10.2 Å². The van der Waals surface area contributed by atoms with Crippen molar-refractivity contribution in [2.75, 3.05) is 23.3 Å². The molecule has 0 aliphatic carbocycles. The van der Waals surface area contributed by atoms with Crippen LogP contribution in [0.5, 0.6) is 0 Å². The average molecular weight is 508 g/mol. The lowest BCUT2D eigenvalue weighted by molar-refractivity contribution is 0.245. The fourth-order valence-corrected chi connectivity index (χ4v) is 4.14. The number of hydrogen-bond donors (Lipinski definition) is 1. The number of rotatable bonds is 8. The van der Waals surface area contributed by atoms with Crippen LogP contribution in [0, 0.1) is 5.82 Å². The van der Waals surface area contributed by atoms with Crippen LogP contribution in [0.4, 0.5) is 20.8 Å². The molecule has 1 amide bonds. The molecule has 0 radical (unpaired) electrons. The summed E-state index contributed by atoms with van der Waals surface area (Å²) in [6.45, 7) is 2.94. The first-order chi connectivity index (χ1) is 18.6. The lowest BCUT2D eigenvalue weighted by Gasteiger charge is -2.21. The van der Waals surface area contributed by atoms with Gasteiger partial charge in [-0.25, -0.2) is 19.2 Å². The fraction of sp³-hybridized carbons (Fsp3) is 0.138. The fourth-order valence-electron chi connectivity index (χ4n) is 4.14. The molecule has 8 nitrogen and oxygen atoms in total. The molecule has 0 fully saturated rings. The smallest absolute Gasteiger partial charge is 0.351 e. The second kappa shape index (κ2) is 11.4. The number of nitrogens with zero attached hydrogens (tertiary/aromatic N) is 6. The lowest BCUT2D eigenvalue weighted by Crippen LogP contribution is -2.35. The number of halogens is 1. The molecule has 9 heteroatoms. The molecule has 2 heterocycles. The standard InChI is InChI=1S/C29H26FN7O/c1-2-36(24-11-7-4-8-12-24)29(38)37-27(26(34-35-37)22-13-15-23(30)16-14-22)25-18-20-32-28(33-25)31-19-17-21-9-5-3-6-10-21/h3-16,18,20H,2,17,19H2,1H3,(H,31,32,33).